The van der Waals surface area contributed by atoms with Gasteiger partial charge in [-0.05, 0) is 23.4 Å². The topological polar surface area (TPSA) is 107 Å². The summed E-state index contributed by atoms with van der Waals surface area (Å²) < 4.78 is 5.14. The number of anilines is 1. The zero-order valence-corrected chi connectivity index (χ0v) is 7.51. The van der Waals surface area contributed by atoms with Crippen LogP contribution in [0.3, 0.4) is 0 Å². The molecular formula is C8H6N6O. The fraction of sp³-hybridized carbons (Fsp3) is 0. The molecular weight excluding hydrogens is 196 g/mol. The van der Waals surface area contributed by atoms with Crippen LogP contribution in [0.2, 0.25) is 0 Å². The van der Waals surface area contributed by atoms with Crippen LogP contribution in [0, 0.1) is 0 Å². The Labute approximate surface area is 83.3 Å². The van der Waals surface area contributed by atoms with Crippen molar-refractivity contribution in [1.82, 2.24) is 25.6 Å². The maximum Gasteiger partial charge on any atom is 0.292 e. The number of aromatic amines is 1. The third-order valence-corrected chi connectivity index (χ3v) is 2.01. The van der Waals surface area contributed by atoms with Gasteiger partial charge in [0.25, 0.3) is 6.01 Å². The number of nitrogens with two attached hydrogens (primary N) is 1. The third kappa shape index (κ3) is 1.21. The number of H-pyrrole nitrogens is 1. The molecule has 0 radical (unpaired) electrons. The van der Waals surface area contributed by atoms with Crippen molar-refractivity contribution in [3.05, 3.63) is 18.2 Å². The van der Waals surface area contributed by atoms with Crippen LogP contribution in [0.1, 0.15) is 0 Å². The Balaban J connectivity index is 2.21. The Morgan fingerprint density at radius 1 is 1.33 bits per heavy atom. The van der Waals surface area contributed by atoms with E-state index in [1.54, 1.807) is 12.1 Å². The van der Waals surface area contributed by atoms with E-state index in [4.69, 9.17) is 10.2 Å². The van der Waals surface area contributed by atoms with Crippen molar-refractivity contribution in [2.45, 2.75) is 0 Å². The Hall–Kier alpha value is -2.44. The molecule has 0 bridgehead atoms. The SMILES string of the molecule is Nc1nc2cc(-c3nn[nH]n3)ccc2o1. The van der Waals surface area contributed by atoms with Crippen LogP contribution < -0.4 is 5.73 Å². The molecule has 74 valence electrons. The van der Waals surface area contributed by atoms with E-state index in [1.165, 1.54) is 0 Å². The zero-order chi connectivity index (χ0) is 10.3. The summed E-state index contributed by atoms with van der Waals surface area (Å²) in [7, 11) is 0. The van der Waals surface area contributed by atoms with Crippen molar-refractivity contribution in [1.29, 1.82) is 0 Å². The molecule has 0 fully saturated rings. The number of benzene rings is 1. The van der Waals surface area contributed by atoms with Gasteiger partial charge < -0.3 is 10.2 Å². The van der Waals surface area contributed by atoms with Gasteiger partial charge >= 0.3 is 0 Å². The molecule has 3 N–H and O–H groups in total. The van der Waals surface area contributed by atoms with Gasteiger partial charge in [-0.25, -0.2) is 0 Å². The fourth-order valence-electron chi connectivity index (χ4n) is 1.37. The monoisotopic (exact) mass is 202 g/mol. The smallest absolute Gasteiger partial charge is 0.292 e. The predicted octanol–water partition coefficient (Wildman–Crippen LogP) is 0.590. The van der Waals surface area contributed by atoms with E-state index < -0.39 is 0 Å². The summed E-state index contributed by atoms with van der Waals surface area (Å²) in [6.07, 6.45) is 0. The van der Waals surface area contributed by atoms with Gasteiger partial charge in [0.1, 0.15) is 5.52 Å². The van der Waals surface area contributed by atoms with E-state index in [2.05, 4.69) is 25.6 Å². The number of nitrogen functional groups attached to an aromatic ring is 1. The van der Waals surface area contributed by atoms with Crippen LogP contribution in [0.5, 0.6) is 0 Å². The lowest BCUT2D eigenvalue weighted by molar-refractivity contribution is 0.626. The van der Waals surface area contributed by atoms with Gasteiger partial charge in [-0.3, -0.25) is 0 Å². The van der Waals surface area contributed by atoms with E-state index in [0.29, 0.717) is 16.9 Å². The predicted molar refractivity (Wildman–Crippen MR) is 51.6 cm³/mol. The maximum absolute atomic E-state index is 5.43. The number of tetrazole rings is 1. The van der Waals surface area contributed by atoms with E-state index in [0.717, 1.165) is 5.56 Å². The molecule has 0 saturated heterocycles. The summed E-state index contributed by atoms with van der Waals surface area (Å²) in [6, 6.07) is 5.53. The third-order valence-electron chi connectivity index (χ3n) is 2.01. The number of hydrogen-bond donors (Lipinski definition) is 2. The Kier molecular flexibility index (Phi) is 1.46. The average Bonchev–Trinajstić information content (AvgIpc) is 2.82. The molecule has 3 aromatic rings. The summed E-state index contributed by atoms with van der Waals surface area (Å²) in [5.74, 6) is 0.512. The van der Waals surface area contributed by atoms with Crippen LogP contribution in [0.25, 0.3) is 22.5 Å². The molecule has 0 spiro atoms. The number of rotatable bonds is 1. The molecule has 7 heteroatoms. The standard InChI is InChI=1S/C8H6N6O/c9-8-10-5-3-4(1-2-6(5)15-8)7-11-13-14-12-7/h1-3H,(H2,9,10)(H,11,12,13,14). The summed E-state index contributed by atoms with van der Waals surface area (Å²) in [5.41, 5.74) is 7.56. The van der Waals surface area contributed by atoms with E-state index in [9.17, 15) is 0 Å². The van der Waals surface area contributed by atoms with Crippen LogP contribution in [-0.2, 0) is 0 Å². The van der Waals surface area contributed by atoms with Crippen molar-refractivity contribution >= 4 is 17.1 Å². The Morgan fingerprint density at radius 3 is 3.07 bits per heavy atom. The van der Waals surface area contributed by atoms with Crippen molar-refractivity contribution in [3.63, 3.8) is 0 Å². The summed E-state index contributed by atoms with van der Waals surface area (Å²) in [6.45, 7) is 0. The Morgan fingerprint density at radius 2 is 2.27 bits per heavy atom. The van der Waals surface area contributed by atoms with Gasteiger partial charge in [-0.15, -0.1) is 10.2 Å². The molecule has 3 rings (SSSR count). The maximum atomic E-state index is 5.43. The van der Waals surface area contributed by atoms with Gasteiger partial charge in [-0.1, -0.05) is 0 Å². The van der Waals surface area contributed by atoms with Gasteiger partial charge in [0.2, 0.25) is 5.82 Å². The summed E-state index contributed by atoms with van der Waals surface area (Å²) >= 11 is 0. The second-order valence-electron chi connectivity index (χ2n) is 2.97. The van der Waals surface area contributed by atoms with Crippen LogP contribution >= 0.6 is 0 Å². The minimum atomic E-state index is 0.148. The zero-order valence-electron chi connectivity index (χ0n) is 7.51. The van der Waals surface area contributed by atoms with Crippen LogP contribution in [0.4, 0.5) is 6.01 Å². The van der Waals surface area contributed by atoms with E-state index in [1.807, 2.05) is 6.07 Å². The molecule has 0 aliphatic heterocycles. The first-order valence-corrected chi connectivity index (χ1v) is 4.23. The number of oxazole rings is 1. The van der Waals surface area contributed by atoms with Gasteiger partial charge in [-0.2, -0.15) is 10.2 Å². The van der Waals surface area contributed by atoms with Crippen molar-refractivity contribution in [2.24, 2.45) is 0 Å². The lowest BCUT2D eigenvalue weighted by atomic mass is 10.2. The van der Waals surface area contributed by atoms with Crippen molar-refractivity contribution in [2.75, 3.05) is 5.73 Å². The first-order chi connectivity index (χ1) is 7.33. The molecule has 15 heavy (non-hydrogen) atoms. The minimum absolute atomic E-state index is 0.148. The largest absolute Gasteiger partial charge is 0.424 e. The fourth-order valence-corrected chi connectivity index (χ4v) is 1.37. The normalized spacial score (nSPS) is 10.9. The highest BCUT2D eigenvalue weighted by atomic mass is 16.4. The second-order valence-corrected chi connectivity index (χ2v) is 2.97. The first-order valence-electron chi connectivity index (χ1n) is 4.23. The molecule has 0 aliphatic carbocycles. The van der Waals surface area contributed by atoms with Crippen molar-refractivity contribution < 1.29 is 4.42 Å². The molecule has 0 atom stereocenters. The van der Waals surface area contributed by atoms with Crippen molar-refractivity contribution in [3.8, 4) is 11.4 Å². The number of hydrogen-bond acceptors (Lipinski definition) is 6. The molecule has 2 aromatic heterocycles. The summed E-state index contributed by atoms with van der Waals surface area (Å²) in [4.78, 5) is 4.01. The van der Waals surface area contributed by atoms with Gasteiger partial charge in [0, 0.05) is 5.56 Å². The highest BCUT2D eigenvalue weighted by Gasteiger charge is 2.07. The highest BCUT2D eigenvalue weighted by Crippen LogP contribution is 2.22. The molecule has 7 nitrogen and oxygen atoms in total. The quantitative estimate of drug-likeness (QED) is 0.598. The Bertz CT molecular complexity index is 599. The first kappa shape index (κ1) is 7.92. The van der Waals surface area contributed by atoms with E-state index in [-0.39, 0.29) is 6.01 Å². The molecule has 0 aliphatic rings. The second kappa shape index (κ2) is 2.77. The molecule has 2 heterocycles. The molecule has 0 saturated carbocycles. The van der Waals surface area contributed by atoms with Crippen LogP contribution in [0.15, 0.2) is 22.6 Å². The average molecular weight is 202 g/mol. The van der Waals surface area contributed by atoms with Gasteiger partial charge in [0.05, 0.1) is 0 Å². The number of nitrogens with zero attached hydrogens (tertiary/aromatic N) is 4. The van der Waals surface area contributed by atoms with E-state index >= 15 is 0 Å². The number of nitrogens with one attached hydrogen (secondary N) is 1. The minimum Gasteiger partial charge on any atom is -0.424 e. The molecule has 1 aromatic carbocycles. The summed E-state index contributed by atoms with van der Waals surface area (Å²) in [5, 5.41) is 13.6. The number of aromatic nitrogens is 5. The molecule has 0 unspecified atom stereocenters. The molecule has 0 amide bonds. The lowest BCUT2D eigenvalue weighted by Crippen LogP contribution is -1.82. The van der Waals surface area contributed by atoms with Gasteiger partial charge in [0.15, 0.2) is 5.58 Å². The lowest BCUT2D eigenvalue weighted by Gasteiger charge is -1.91. The number of fused-ring (bicyclic) bond motifs is 1. The van der Waals surface area contributed by atoms with Crippen LogP contribution in [-0.4, -0.2) is 25.6 Å². The highest BCUT2D eigenvalue weighted by molar-refractivity contribution is 5.79.